The molecule has 1 aliphatic rings. The van der Waals surface area contributed by atoms with Gasteiger partial charge in [-0.3, -0.25) is 4.79 Å². The van der Waals surface area contributed by atoms with Gasteiger partial charge in [0, 0.05) is 18.7 Å². The van der Waals surface area contributed by atoms with Gasteiger partial charge in [0.1, 0.15) is 0 Å². The van der Waals surface area contributed by atoms with Crippen LogP contribution in [0.5, 0.6) is 0 Å². The SMILES string of the molecule is NCC(NC(=O)c1cc(-c2ccco2)on1)C1CC1. The number of furan rings is 1. The topological polar surface area (TPSA) is 94.3 Å². The van der Waals surface area contributed by atoms with Gasteiger partial charge < -0.3 is 20.0 Å². The number of nitrogens with two attached hydrogens (primary N) is 1. The molecule has 0 saturated heterocycles. The van der Waals surface area contributed by atoms with E-state index in [1.54, 1.807) is 18.2 Å². The van der Waals surface area contributed by atoms with Gasteiger partial charge >= 0.3 is 0 Å². The number of hydrogen-bond acceptors (Lipinski definition) is 5. The molecule has 0 aromatic carbocycles. The van der Waals surface area contributed by atoms with Crippen molar-refractivity contribution in [2.45, 2.75) is 18.9 Å². The van der Waals surface area contributed by atoms with Gasteiger partial charge in [0.15, 0.2) is 11.5 Å². The van der Waals surface area contributed by atoms with Crippen molar-refractivity contribution in [1.29, 1.82) is 0 Å². The molecule has 3 N–H and O–H groups in total. The van der Waals surface area contributed by atoms with Gasteiger partial charge in [0.2, 0.25) is 5.76 Å². The van der Waals surface area contributed by atoms with Crippen molar-refractivity contribution in [3.05, 3.63) is 30.2 Å². The van der Waals surface area contributed by atoms with Gasteiger partial charge in [-0.15, -0.1) is 0 Å². The molecule has 6 heteroatoms. The monoisotopic (exact) mass is 261 g/mol. The Kier molecular flexibility index (Phi) is 3.08. The molecule has 1 aliphatic carbocycles. The Hall–Kier alpha value is -2.08. The minimum Gasteiger partial charge on any atom is -0.461 e. The first-order valence-corrected chi connectivity index (χ1v) is 6.29. The summed E-state index contributed by atoms with van der Waals surface area (Å²) in [7, 11) is 0. The molecule has 0 spiro atoms. The van der Waals surface area contributed by atoms with Crippen LogP contribution in [-0.4, -0.2) is 23.7 Å². The van der Waals surface area contributed by atoms with Crippen LogP contribution >= 0.6 is 0 Å². The van der Waals surface area contributed by atoms with E-state index in [-0.39, 0.29) is 17.6 Å². The number of carbonyl (C=O) groups excluding carboxylic acids is 1. The fourth-order valence-corrected chi connectivity index (χ4v) is 2.03. The molecule has 2 heterocycles. The summed E-state index contributed by atoms with van der Waals surface area (Å²) >= 11 is 0. The van der Waals surface area contributed by atoms with Crippen LogP contribution in [0.4, 0.5) is 0 Å². The van der Waals surface area contributed by atoms with E-state index in [9.17, 15) is 4.79 Å². The molecule has 1 atom stereocenters. The molecule has 19 heavy (non-hydrogen) atoms. The van der Waals surface area contributed by atoms with Gasteiger partial charge in [-0.2, -0.15) is 0 Å². The van der Waals surface area contributed by atoms with E-state index in [1.165, 1.54) is 6.26 Å². The summed E-state index contributed by atoms with van der Waals surface area (Å²) in [6, 6.07) is 5.08. The first-order chi connectivity index (χ1) is 9.28. The number of nitrogens with one attached hydrogen (secondary N) is 1. The molecule has 0 aliphatic heterocycles. The fraction of sp³-hybridized carbons (Fsp3) is 0.385. The van der Waals surface area contributed by atoms with Crippen LogP contribution in [0.3, 0.4) is 0 Å². The van der Waals surface area contributed by atoms with Crippen molar-refractivity contribution in [3.63, 3.8) is 0 Å². The fourth-order valence-electron chi connectivity index (χ4n) is 2.03. The Balaban J connectivity index is 1.70. The minimum atomic E-state index is -0.260. The van der Waals surface area contributed by atoms with E-state index >= 15 is 0 Å². The Morgan fingerprint density at radius 3 is 3.00 bits per heavy atom. The summed E-state index contributed by atoms with van der Waals surface area (Å²) < 4.78 is 10.3. The quantitative estimate of drug-likeness (QED) is 0.848. The number of rotatable bonds is 5. The van der Waals surface area contributed by atoms with E-state index in [0.29, 0.717) is 24.0 Å². The van der Waals surface area contributed by atoms with Crippen molar-refractivity contribution in [2.75, 3.05) is 6.54 Å². The van der Waals surface area contributed by atoms with E-state index in [1.807, 2.05) is 0 Å². The molecule has 2 aromatic heterocycles. The second-order valence-corrected chi connectivity index (χ2v) is 4.71. The number of amides is 1. The molecule has 1 fully saturated rings. The molecule has 1 unspecified atom stereocenters. The van der Waals surface area contributed by atoms with E-state index in [0.717, 1.165) is 12.8 Å². The highest BCUT2D eigenvalue weighted by molar-refractivity contribution is 5.93. The number of carbonyl (C=O) groups is 1. The summed E-state index contributed by atoms with van der Waals surface area (Å²) in [5.74, 6) is 1.23. The lowest BCUT2D eigenvalue weighted by molar-refractivity contribution is 0.0924. The van der Waals surface area contributed by atoms with Crippen molar-refractivity contribution in [2.24, 2.45) is 11.7 Å². The zero-order chi connectivity index (χ0) is 13.2. The van der Waals surface area contributed by atoms with Crippen LogP contribution in [0.15, 0.2) is 33.4 Å². The van der Waals surface area contributed by atoms with Crippen molar-refractivity contribution >= 4 is 5.91 Å². The molecule has 3 rings (SSSR count). The lowest BCUT2D eigenvalue weighted by Crippen LogP contribution is -2.41. The van der Waals surface area contributed by atoms with Crippen LogP contribution in [0, 0.1) is 5.92 Å². The van der Waals surface area contributed by atoms with Crippen molar-refractivity contribution in [3.8, 4) is 11.5 Å². The molecule has 0 radical (unpaired) electrons. The predicted molar refractivity (Wildman–Crippen MR) is 67.2 cm³/mol. The second-order valence-electron chi connectivity index (χ2n) is 4.71. The average molecular weight is 261 g/mol. The Morgan fingerprint density at radius 1 is 1.53 bits per heavy atom. The van der Waals surface area contributed by atoms with Crippen molar-refractivity contribution in [1.82, 2.24) is 10.5 Å². The highest BCUT2D eigenvalue weighted by Gasteiger charge is 2.32. The number of nitrogens with zero attached hydrogens (tertiary/aromatic N) is 1. The standard InChI is InChI=1S/C13H15N3O3/c14-7-10(8-3-4-8)15-13(17)9-6-12(19-16-9)11-2-1-5-18-11/h1-2,5-6,8,10H,3-4,7,14H2,(H,15,17). The third-order valence-electron chi connectivity index (χ3n) is 3.27. The molecule has 1 amide bonds. The minimum absolute atomic E-state index is 0.0243. The molecule has 1 saturated carbocycles. The smallest absolute Gasteiger partial charge is 0.273 e. The summed E-state index contributed by atoms with van der Waals surface area (Å²) in [5.41, 5.74) is 5.89. The summed E-state index contributed by atoms with van der Waals surface area (Å²) in [5, 5.41) is 6.64. The average Bonchev–Trinajstić information content (AvgIpc) is 2.95. The van der Waals surface area contributed by atoms with Crippen LogP contribution in [-0.2, 0) is 0 Å². The molecule has 2 aromatic rings. The van der Waals surface area contributed by atoms with Gasteiger partial charge in [0.05, 0.1) is 6.26 Å². The maximum Gasteiger partial charge on any atom is 0.273 e. The van der Waals surface area contributed by atoms with E-state index in [2.05, 4.69) is 10.5 Å². The van der Waals surface area contributed by atoms with Crippen LogP contribution in [0.1, 0.15) is 23.3 Å². The second kappa shape index (κ2) is 4.89. The maximum absolute atomic E-state index is 12.0. The maximum atomic E-state index is 12.0. The molecular formula is C13H15N3O3. The largest absolute Gasteiger partial charge is 0.461 e. The third kappa shape index (κ3) is 2.53. The van der Waals surface area contributed by atoms with E-state index < -0.39 is 0 Å². The zero-order valence-electron chi connectivity index (χ0n) is 10.3. The number of hydrogen-bond donors (Lipinski definition) is 2. The Morgan fingerprint density at radius 2 is 2.37 bits per heavy atom. The lowest BCUT2D eigenvalue weighted by atomic mass is 10.2. The lowest BCUT2D eigenvalue weighted by Gasteiger charge is -2.14. The van der Waals surface area contributed by atoms with Gasteiger partial charge in [-0.25, -0.2) is 0 Å². The van der Waals surface area contributed by atoms with Crippen molar-refractivity contribution < 1.29 is 13.7 Å². The first-order valence-electron chi connectivity index (χ1n) is 6.29. The predicted octanol–water partition coefficient (Wildman–Crippen LogP) is 1.40. The van der Waals surface area contributed by atoms with Crippen LogP contribution in [0.2, 0.25) is 0 Å². The summed E-state index contributed by atoms with van der Waals surface area (Å²) in [4.78, 5) is 12.0. The van der Waals surface area contributed by atoms with Gasteiger partial charge in [-0.05, 0) is 30.9 Å². The van der Waals surface area contributed by atoms with E-state index in [4.69, 9.17) is 14.7 Å². The van der Waals surface area contributed by atoms with Gasteiger partial charge in [0.25, 0.3) is 5.91 Å². The van der Waals surface area contributed by atoms with Gasteiger partial charge in [-0.1, -0.05) is 5.16 Å². The summed E-state index contributed by atoms with van der Waals surface area (Å²) in [6.07, 6.45) is 3.78. The molecule has 0 bridgehead atoms. The third-order valence-corrected chi connectivity index (χ3v) is 3.27. The first kappa shape index (κ1) is 12.0. The molecular weight excluding hydrogens is 246 g/mol. The molecule has 100 valence electrons. The number of aromatic nitrogens is 1. The Bertz CT molecular complexity index is 557. The zero-order valence-corrected chi connectivity index (χ0v) is 10.3. The highest BCUT2D eigenvalue weighted by Crippen LogP contribution is 2.32. The normalized spacial score (nSPS) is 16.3. The molecule has 6 nitrogen and oxygen atoms in total. The van der Waals surface area contributed by atoms with Crippen LogP contribution in [0.25, 0.3) is 11.5 Å². The highest BCUT2D eigenvalue weighted by atomic mass is 16.5. The van der Waals surface area contributed by atoms with Crippen LogP contribution < -0.4 is 11.1 Å². The Labute approximate surface area is 109 Å². The summed E-state index contributed by atoms with van der Waals surface area (Å²) in [6.45, 7) is 0.444.